The zero-order valence-corrected chi connectivity index (χ0v) is 10.5. The summed E-state index contributed by atoms with van der Waals surface area (Å²) in [5, 5.41) is 8.27. The van der Waals surface area contributed by atoms with Crippen LogP contribution in [0, 0.1) is 17.2 Å². The molecule has 1 fully saturated rings. The van der Waals surface area contributed by atoms with Crippen molar-refractivity contribution in [3.05, 3.63) is 0 Å². The molecule has 0 aliphatic carbocycles. The van der Waals surface area contributed by atoms with Crippen LogP contribution in [-0.4, -0.2) is 38.3 Å². The highest BCUT2D eigenvalue weighted by Gasteiger charge is 2.25. The molecule has 0 aromatic carbocycles. The Balaban J connectivity index is 2.09. The van der Waals surface area contributed by atoms with Crippen LogP contribution in [0.25, 0.3) is 0 Å². The predicted molar refractivity (Wildman–Crippen MR) is 60.0 cm³/mol. The first kappa shape index (κ1) is 13.5. The summed E-state index contributed by atoms with van der Waals surface area (Å²) in [7, 11) is 0.0280. The second-order valence-electron chi connectivity index (χ2n) is 4.03. The molecule has 6 heteroatoms. The van der Waals surface area contributed by atoms with Crippen LogP contribution in [0.15, 0.2) is 0 Å². The van der Waals surface area contributed by atoms with Crippen molar-refractivity contribution in [1.29, 1.82) is 5.26 Å². The van der Waals surface area contributed by atoms with Gasteiger partial charge in [-0.25, -0.2) is 0 Å². The fourth-order valence-electron chi connectivity index (χ4n) is 1.78. The van der Waals surface area contributed by atoms with E-state index in [1.54, 1.807) is 0 Å². The van der Waals surface area contributed by atoms with E-state index in [-0.39, 0.29) is 13.0 Å². The summed E-state index contributed by atoms with van der Waals surface area (Å²) >= 11 is 0. The molecule has 0 spiro atoms. The molecule has 0 radical (unpaired) electrons. The van der Waals surface area contributed by atoms with Gasteiger partial charge in [-0.3, -0.25) is 0 Å². The van der Waals surface area contributed by atoms with Crippen LogP contribution < -0.4 is 0 Å². The third kappa shape index (κ3) is 5.53. The highest BCUT2D eigenvalue weighted by Crippen LogP contribution is 2.26. The molecular formula is C10H18N2O3P+. The van der Waals surface area contributed by atoms with Crippen LogP contribution in [0.1, 0.15) is 19.3 Å². The van der Waals surface area contributed by atoms with Crippen molar-refractivity contribution in [3.63, 3.8) is 0 Å². The van der Waals surface area contributed by atoms with Gasteiger partial charge in [-0.2, -0.15) is 5.26 Å². The molecule has 1 aliphatic rings. The van der Waals surface area contributed by atoms with Crippen LogP contribution in [0.4, 0.5) is 0 Å². The van der Waals surface area contributed by atoms with Crippen molar-refractivity contribution in [3.8, 4) is 6.07 Å². The van der Waals surface area contributed by atoms with Crippen molar-refractivity contribution in [2.45, 2.75) is 19.3 Å². The Morgan fingerprint density at radius 1 is 1.56 bits per heavy atom. The maximum Gasteiger partial charge on any atom is 0.697 e. The molecule has 1 heterocycles. The summed E-state index contributed by atoms with van der Waals surface area (Å²) in [4.78, 5) is 2.25. The second-order valence-corrected chi connectivity index (χ2v) is 4.99. The number of hydrogen-bond donors (Lipinski definition) is 0. The molecule has 0 amide bonds. The smallest absolute Gasteiger partial charge is 0.306 e. The van der Waals surface area contributed by atoms with E-state index in [4.69, 9.17) is 14.3 Å². The summed E-state index contributed by atoms with van der Waals surface area (Å²) < 4.78 is 21.2. The van der Waals surface area contributed by atoms with Crippen molar-refractivity contribution in [1.82, 2.24) is 4.90 Å². The first-order chi connectivity index (χ1) is 7.72. The first-order valence-electron chi connectivity index (χ1n) is 5.51. The third-order valence-electron chi connectivity index (χ3n) is 2.55. The molecule has 1 saturated heterocycles. The monoisotopic (exact) mass is 245 g/mol. The van der Waals surface area contributed by atoms with E-state index in [9.17, 15) is 4.57 Å². The van der Waals surface area contributed by atoms with Crippen LogP contribution in [0.2, 0.25) is 0 Å². The lowest BCUT2D eigenvalue weighted by Crippen LogP contribution is -2.33. The molecule has 1 rings (SSSR count). The Morgan fingerprint density at radius 3 is 3.06 bits per heavy atom. The van der Waals surface area contributed by atoms with Crippen LogP contribution >= 0.6 is 8.25 Å². The topological polar surface area (TPSA) is 62.6 Å². The van der Waals surface area contributed by atoms with Crippen LogP contribution in [-0.2, 0) is 13.6 Å². The van der Waals surface area contributed by atoms with Crippen LogP contribution in [0.5, 0.6) is 0 Å². The molecule has 2 unspecified atom stereocenters. The Morgan fingerprint density at radius 2 is 2.38 bits per heavy atom. The van der Waals surface area contributed by atoms with Gasteiger partial charge in [-0.05, 0) is 26.4 Å². The fraction of sp³-hybridized carbons (Fsp3) is 0.900. The maximum atomic E-state index is 11.2. The van der Waals surface area contributed by atoms with E-state index in [1.165, 1.54) is 0 Å². The van der Waals surface area contributed by atoms with Crippen molar-refractivity contribution in [2.24, 2.45) is 5.92 Å². The zero-order chi connectivity index (χ0) is 11.8. The quantitative estimate of drug-likeness (QED) is 0.528. The minimum atomic E-state index is -2.05. The lowest BCUT2D eigenvalue weighted by atomic mass is 10.00. The Kier molecular flexibility index (Phi) is 6.51. The SMILES string of the molecule is CN1CCCC(CO[P+](=O)OCCC#N)C1. The molecule has 5 nitrogen and oxygen atoms in total. The molecular weight excluding hydrogens is 227 g/mol. The Hall–Kier alpha value is -0.530. The largest absolute Gasteiger partial charge is 0.697 e. The lowest BCUT2D eigenvalue weighted by Gasteiger charge is -2.27. The Bertz CT molecular complexity index is 267. The van der Waals surface area contributed by atoms with E-state index in [0.717, 1.165) is 25.9 Å². The summed E-state index contributed by atoms with van der Waals surface area (Å²) in [6.45, 7) is 2.77. The van der Waals surface area contributed by atoms with E-state index in [2.05, 4.69) is 11.9 Å². The molecule has 1 aliphatic heterocycles. The summed E-state index contributed by atoms with van der Waals surface area (Å²) in [6.07, 6.45) is 2.53. The second kappa shape index (κ2) is 7.70. The highest BCUT2D eigenvalue weighted by atomic mass is 31.1. The van der Waals surface area contributed by atoms with Gasteiger partial charge in [0.25, 0.3) is 0 Å². The molecule has 90 valence electrons. The lowest BCUT2D eigenvalue weighted by molar-refractivity contribution is 0.138. The van der Waals surface area contributed by atoms with Gasteiger partial charge in [-0.1, -0.05) is 0 Å². The summed E-state index contributed by atoms with van der Waals surface area (Å²) in [6, 6.07) is 1.92. The maximum absolute atomic E-state index is 11.2. The number of nitrogens with zero attached hydrogens (tertiary/aromatic N) is 2. The van der Waals surface area contributed by atoms with Gasteiger partial charge in [0, 0.05) is 17.0 Å². The average Bonchev–Trinajstić information content (AvgIpc) is 2.27. The minimum Gasteiger partial charge on any atom is -0.306 e. The number of nitriles is 1. The van der Waals surface area contributed by atoms with Gasteiger partial charge in [0.2, 0.25) is 0 Å². The van der Waals surface area contributed by atoms with Gasteiger partial charge >= 0.3 is 8.25 Å². The van der Waals surface area contributed by atoms with Crippen molar-refractivity contribution in [2.75, 3.05) is 33.4 Å². The predicted octanol–water partition coefficient (Wildman–Crippen LogP) is 1.93. The highest BCUT2D eigenvalue weighted by molar-refractivity contribution is 7.33. The molecule has 0 aromatic heterocycles. The van der Waals surface area contributed by atoms with E-state index in [1.807, 2.05) is 6.07 Å². The Labute approximate surface area is 97.3 Å². The molecule has 16 heavy (non-hydrogen) atoms. The number of likely N-dealkylation sites (tertiary alicyclic amines) is 1. The number of hydrogen-bond acceptors (Lipinski definition) is 5. The molecule has 0 aromatic rings. The van der Waals surface area contributed by atoms with E-state index >= 15 is 0 Å². The molecule has 0 saturated carbocycles. The van der Waals surface area contributed by atoms with Crippen molar-refractivity contribution >= 4 is 8.25 Å². The summed E-state index contributed by atoms with van der Waals surface area (Å²) in [5.74, 6) is 0.442. The van der Waals surface area contributed by atoms with E-state index < -0.39 is 8.25 Å². The van der Waals surface area contributed by atoms with Gasteiger partial charge in [0.1, 0.15) is 13.2 Å². The van der Waals surface area contributed by atoms with Gasteiger partial charge in [-0.15, -0.1) is 9.05 Å². The average molecular weight is 245 g/mol. The number of rotatable bonds is 6. The standard InChI is InChI=1S/C10H18N2O3P/c1-12-6-2-4-10(8-12)9-15-16(13)14-7-3-5-11/h10H,2-4,6-9H2,1H3/q+1. The van der Waals surface area contributed by atoms with Gasteiger partial charge in [0.15, 0.2) is 0 Å². The molecule has 0 N–H and O–H groups in total. The zero-order valence-electron chi connectivity index (χ0n) is 9.59. The molecule has 0 bridgehead atoms. The fourth-order valence-corrected chi connectivity index (χ4v) is 2.43. The normalized spacial score (nSPS) is 22.8. The van der Waals surface area contributed by atoms with E-state index in [0.29, 0.717) is 12.5 Å². The molecule has 2 atom stereocenters. The summed E-state index contributed by atoms with van der Waals surface area (Å²) in [5.41, 5.74) is 0. The number of piperidine rings is 1. The first-order valence-corrected chi connectivity index (χ1v) is 6.60. The van der Waals surface area contributed by atoms with Gasteiger partial charge in [0.05, 0.1) is 12.5 Å². The van der Waals surface area contributed by atoms with Crippen LogP contribution in [0.3, 0.4) is 0 Å². The third-order valence-corrected chi connectivity index (χ3v) is 3.30. The van der Waals surface area contributed by atoms with Crippen molar-refractivity contribution < 1.29 is 13.6 Å². The minimum absolute atomic E-state index is 0.177. The van der Waals surface area contributed by atoms with Gasteiger partial charge < -0.3 is 4.90 Å².